The Labute approximate surface area is 117 Å². The van der Waals surface area contributed by atoms with E-state index in [4.69, 9.17) is 4.74 Å². The fourth-order valence-corrected chi connectivity index (χ4v) is 3.83. The van der Waals surface area contributed by atoms with Crippen LogP contribution >= 0.6 is 0 Å². The molecule has 1 saturated heterocycles. The quantitative estimate of drug-likeness (QED) is 0.688. The molecule has 0 saturated carbocycles. The van der Waals surface area contributed by atoms with Crippen molar-refractivity contribution in [3.05, 3.63) is 71.3 Å². The summed E-state index contributed by atoms with van der Waals surface area (Å²) in [5.41, 5.74) is 5.55. The summed E-state index contributed by atoms with van der Waals surface area (Å²) in [4.78, 5) is 0. The largest absolute Gasteiger partial charge is 0.375 e. The molecule has 5 rings (SSSR count). The van der Waals surface area contributed by atoms with Gasteiger partial charge in [-0.05, 0) is 33.0 Å². The lowest BCUT2D eigenvalue weighted by molar-refractivity contribution is 0.184. The van der Waals surface area contributed by atoms with E-state index in [-0.39, 0.29) is 5.41 Å². The van der Waals surface area contributed by atoms with Crippen molar-refractivity contribution in [1.29, 1.82) is 0 Å². The molecule has 96 valence electrons. The maximum Gasteiger partial charge on any atom is 0.0693 e. The lowest BCUT2D eigenvalue weighted by Gasteiger charge is -2.31. The molecule has 0 unspecified atom stereocenters. The molecule has 2 aliphatic carbocycles. The summed E-state index contributed by atoms with van der Waals surface area (Å²) in [5.74, 6) is 0. The lowest BCUT2D eigenvalue weighted by atomic mass is 9.71. The lowest BCUT2D eigenvalue weighted by Crippen LogP contribution is -2.22. The highest BCUT2D eigenvalue weighted by Crippen LogP contribution is 2.54. The standard InChI is InChI=1S/C19H14O/c1-2-4-15-13(3-1)5-7-17-16(15)9-10-19-12-20-11-14(19)6-8-18(17)19/h1-10H,11-12H2/t19-/m1/s1. The van der Waals surface area contributed by atoms with Gasteiger partial charge < -0.3 is 4.74 Å². The molecule has 0 aromatic heterocycles. The van der Waals surface area contributed by atoms with Gasteiger partial charge in [0.15, 0.2) is 0 Å². The fourth-order valence-electron chi connectivity index (χ4n) is 3.83. The minimum Gasteiger partial charge on any atom is -0.375 e. The molecule has 1 aliphatic heterocycles. The summed E-state index contributed by atoms with van der Waals surface area (Å²) in [7, 11) is 0. The first kappa shape index (κ1) is 10.6. The number of rotatable bonds is 0. The van der Waals surface area contributed by atoms with E-state index in [1.807, 2.05) is 0 Å². The number of ether oxygens (including phenoxy) is 1. The van der Waals surface area contributed by atoms with Crippen LogP contribution in [0.25, 0.3) is 22.4 Å². The normalized spacial score (nSPS) is 26.0. The Morgan fingerprint density at radius 3 is 2.95 bits per heavy atom. The van der Waals surface area contributed by atoms with Crippen LogP contribution in [0, 0.1) is 5.41 Å². The van der Waals surface area contributed by atoms with Gasteiger partial charge in [-0.15, -0.1) is 0 Å². The molecule has 1 fully saturated rings. The highest BCUT2D eigenvalue weighted by Gasteiger charge is 2.45. The van der Waals surface area contributed by atoms with E-state index >= 15 is 0 Å². The molecular weight excluding hydrogens is 244 g/mol. The summed E-state index contributed by atoms with van der Waals surface area (Å²) < 4.78 is 5.71. The second-order valence-corrected chi connectivity index (χ2v) is 5.82. The predicted octanol–water partition coefficient (Wildman–Crippen LogP) is 4.21. The zero-order chi connectivity index (χ0) is 13.2. The minimum absolute atomic E-state index is 0.0233. The van der Waals surface area contributed by atoms with Crippen molar-refractivity contribution in [1.82, 2.24) is 0 Å². The fraction of sp³-hybridized carbons (Fsp3) is 0.158. The molecular formula is C19H14O. The Morgan fingerprint density at radius 1 is 1.00 bits per heavy atom. The van der Waals surface area contributed by atoms with Gasteiger partial charge in [-0.2, -0.15) is 0 Å². The first-order valence-corrected chi connectivity index (χ1v) is 7.09. The zero-order valence-corrected chi connectivity index (χ0v) is 11.1. The molecule has 0 radical (unpaired) electrons. The van der Waals surface area contributed by atoms with E-state index in [1.54, 1.807) is 0 Å². The van der Waals surface area contributed by atoms with E-state index in [0.29, 0.717) is 0 Å². The Balaban J connectivity index is 1.83. The van der Waals surface area contributed by atoms with E-state index in [2.05, 4.69) is 60.7 Å². The van der Waals surface area contributed by atoms with Gasteiger partial charge >= 0.3 is 0 Å². The SMILES string of the molecule is C1=C[C@@]23COCC2=CC=C3c2ccc3ccccc3c21. The Kier molecular flexibility index (Phi) is 1.86. The topological polar surface area (TPSA) is 9.23 Å². The molecule has 1 spiro atoms. The summed E-state index contributed by atoms with van der Waals surface area (Å²) in [6.07, 6.45) is 9.17. The van der Waals surface area contributed by atoms with Crippen LogP contribution in [0.1, 0.15) is 11.1 Å². The molecule has 0 bridgehead atoms. The van der Waals surface area contributed by atoms with Crippen molar-refractivity contribution in [2.24, 2.45) is 5.41 Å². The molecule has 1 heteroatoms. The molecule has 0 amide bonds. The molecule has 0 N–H and O–H groups in total. The van der Waals surface area contributed by atoms with E-state index in [1.165, 1.54) is 33.0 Å². The summed E-state index contributed by atoms with van der Waals surface area (Å²) >= 11 is 0. The maximum atomic E-state index is 5.71. The molecule has 3 aliphatic rings. The van der Waals surface area contributed by atoms with E-state index < -0.39 is 0 Å². The van der Waals surface area contributed by atoms with E-state index in [9.17, 15) is 0 Å². The molecule has 1 atom stereocenters. The van der Waals surface area contributed by atoms with Gasteiger partial charge in [-0.25, -0.2) is 0 Å². The second-order valence-electron chi connectivity index (χ2n) is 5.82. The molecule has 2 aromatic rings. The molecule has 1 heterocycles. The van der Waals surface area contributed by atoms with Gasteiger partial charge in [0.2, 0.25) is 0 Å². The van der Waals surface area contributed by atoms with Crippen molar-refractivity contribution in [2.45, 2.75) is 0 Å². The number of benzene rings is 2. The average molecular weight is 258 g/mol. The van der Waals surface area contributed by atoms with Crippen LogP contribution in [0.5, 0.6) is 0 Å². The number of hydrogen-bond acceptors (Lipinski definition) is 1. The summed E-state index contributed by atoms with van der Waals surface area (Å²) in [6, 6.07) is 13.1. The zero-order valence-electron chi connectivity index (χ0n) is 11.1. The van der Waals surface area contributed by atoms with Crippen molar-refractivity contribution in [3.8, 4) is 0 Å². The van der Waals surface area contributed by atoms with Crippen LogP contribution in [0.4, 0.5) is 0 Å². The molecule has 2 aromatic carbocycles. The third kappa shape index (κ3) is 1.13. The number of fused-ring (bicyclic) bond motifs is 4. The average Bonchev–Trinajstić information content (AvgIpc) is 3.04. The van der Waals surface area contributed by atoms with E-state index in [0.717, 1.165) is 13.2 Å². The van der Waals surface area contributed by atoms with Gasteiger partial charge in [0.25, 0.3) is 0 Å². The highest BCUT2D eigenvalue weighted by molar-refractivity contribution is 6.00. The van der Waals surface area contributed by atoms with Crippen LogP contribution < -0.4 is 0 Å². The van der Waals surface area contributed by atoms with Gasteiger partial charge in [0, 0.05) is 0 Å². The number of hydrogen-bond donors (Lipinski definition) is 0. The Morgan fingerprint density at radius 2 is 1.95 bits per heavy atom. The Hall–Kier alpha value is -2.12. The van der Waals surface area contributed by atoms with Crippen LogP contribution in [-0.2, 0) is 4.74 Å². The van der Waals surface area contributed by atoms with Crippen LogP contribution in [0.15, 0.2) is 60.2 Å². The van der Waals surface area contributed by atoms with Crippen LogP contribution in [0.2, 0.25) is 0 Å². The predicted molar refractivity (Wildman–Crippen MR) is 82.3 cm³/mol. The maximum absolute atomic E-state index is 5.71. The minimum atomic E-state index is 0.0233. The smallest absolute Gasteiger partial charge is 0.0693 e. The first-order chi connectivity index (χ1) is 9.88. The molecule has 20 heavy (non-hydrogen) atoms. The third-order valence-corrected chi connectivity index (χ3v) is 4.89. The third-order valence-electron chi connectivity index (χ3n) is 4.89. The van der Waals surface area contributed by atoms with Crippen molar-refractivity contribution >= 4 is 22.4 Å². The highest BCUT2D eigenvalue weighted by atomic mass is 16.5. The van der Waals surface area contributed by atoms with Crippen molar-refractivity contribution in [2.75, 3.05) is 13.2 Å². The van der Waals surface area contributed by atoms with Crippen LogP contribution in [0.3, 0.4) is 0 Å². The number of allylic oxidation sites excluding steroid dienone is 2. The van der Waals surface area contributed by atoms with Crippen molar-refractivity contribution < 1.29 is 4.74 Å². The monoisotopic (exact) mass is 258 g/mol. The second kappa shape index (κ2) is 3.50. The van der Waals surface area contributed by atoms with Crippen molar-refractivity contribution in [3.63, 3.8) is 0 Å². The first-order valence-electron chi connectivity index (χ1n) is 7.09. The van der Waals surface area contributed by atoms with Gasteiger partial charge in [0.1, 0.15) is 0 Å². The van der Waals surface area contributed by atoms with Gasteiger partial charge in [0.05, 0.1) is 18.6 Å². The van der Waals surface area contributed by atoms with Crippen LogP contribution in [-0.4, -0.2) is 13.2 Å². The molecule has 1 nitrogen and oxygen atoms in total. The Bertz CT molecular complexity index is 838. The summed E-state index contributed by atoms with van der Waals surface area (Å²) in [5, 5.41) is 2.64. The van der Waals surface area contributed by atoms with Gasteiger partial charge in [-0.3, -0.25) is 0 Å². The van der Waals surface area contributed by atoms with Gasteiger partial charge in [-0.1, -0.05) is 60.7 Å². The summed E-state index contributed by atoms with van der Waals surface area (Å²) in [6.45, 7) is 1.56.